The Bertz CT molecular complexity index is 1440. The Labute approximate surface area is 324 Å². The van der Waals surface area contributed by atoms with Gasteiger partial charge in [0.15, 0.2) is 0 Å². The number of benzene rings is 1. The zero-order valence-corrected chi connectivity index (χ0v) is 35.4. The van der Waals surface area contributed by atoms with Crippen molar-refractivity contribution in [1.29, 1.82) is 0 Å². The lowest BCUT2D eigenvalue weighted by Gasteiger charge is -2.73. The molecule has 1 aliphatic heterocycles. The molecule has 0 aromatic heterocycles. The molecule has 5 aliphatic carbocycles. The number of hydrogen-bond acceptors (Lipinski definition) is 6. The molecule has 1 heterocycles. The molecule has 4 N–H and O–H groups in total. The first-order valence-electron chi connectivity index (χ1n) is 21.1. The number of nitrogens with one attached hydrogen (secondary N) is 1. The molecule has 0 spiro atoms. The molecule has 7 nitrogen and oxygen atoms in total. The maximum Gasteiger partial charge on any atom is 0.335 e. The van der Waals surface area contributed by atoms with Gasteiger partial charge in [-0.3, -0.25) is 4.21 Å². The topological polar surface area (TPSA) is 110 Å². The van der Waals surface area contributed by atoms with Crippen LogP contribution in [0.5, 0.6) is 0 Å². The van der Waals surface area contributed by atoms with E-state index in [2.05, 4.69) is 50.6 Å². The fourth-order valence-electron chi connectivity index (χ4n) is 12.7. The van der Waals surface area contributed by atoms with Crippen molar-refractivity contribution in [2.45, 2.75) is 131 Å². The van der Waals surface area contributed by atoms with E-state index in [4.69, 9.17) is 0 Å². The molecule has 0 amide bonds. The molecule has 5 fully saturated rings. The number of hydrogen-bond donors (Lipinski definition) is 4. The minimum Gasteiger partial charge on any atom is -0.478 e. The zero-order chi connectivity index (χ0) is 39.4. The average Bonchev–Trinajstić information content (AvgIpc) is 3.56. The van der Waals surface area contributed by atoms with Crippen LogP contribution in [0.3, 0.4) is 0 Å². The van der Waals surface area contributed by atoms with Gasteiger partial charge < -0.3 is 25.5 Å². The Kier molecular flexibility index (Phi) is 14.9. The van der Waals surface area contributed by atoms with Gasteiger partial charge >= 0.3 is 5.97 Å². The number of carbonyl (C=O) groups is 1. The summed E-state index contributed by atoms with van der Waals surface area (Å²) in [6.45, 7) is 26.4. The summed E-state index contributed by atoms with van der Waals surface area (Å²) in [6.07, 6.45) is 11.4. The lowest BCUT2D eigenvalue weighted by Crippen LogP contribution is -2.74. The summed E-state index contributed by atoms with van der Waals surface area (Å²) in [7, 11) is -0.659. The van der Waals surface area contributed by atoms with Crippen LogP contribution in [0.15, 0.2) is 43.0 Å². The molecular weight excluding hydrogens is 681 g/mol. The lowest BCUT2D eigenvalue weighted by atomic mass is 9.33. The smallest absolute Gasteiger partial charge is 0.335 e. The van der Waals surface area contributed by atoms with Gasteiger partial charge in [0.05, 0.1) is 17.8 Å². The first-order chi connectivity index (χ1) is 25.3. The fraction of sp³-hybridized carbons (Fsp3) is 0.756. The number of allylic oxidation sites excluding steroid dienone is 3. The third-order valence-corrected chi connectivity index (χ3v) is 16.6. The first kappa shape index (κ1) is 43.9. The van der Waals surface area contributed by atoms with E-state index in [0.717, 1.165) is 81.8 Å². The molecule has 1 aromatic carbocycles. The third-order valence-electron chi connectivity index (χ3n) is 15.3. The highest BCUT2D eigenvalue weighted by molar-refractivity contribution is 7.85. The summed E-state index contributed by atoms with van der Waals surface area (Å²) >= 11 is 0. The molecule has 53 heavy (non-hydrogen) atoms. The minimum atomic E-state index is -0.906. The van der Waals surface area contributed by atoms with E-state index in [1.807, 2.05) is 46.8 Å². The molecule has 0 bridgehead atoms. The van der Waals surface area contributed by atoms with E-state index in [-0.39, 0.29) is 27.7 Å². The van der Waals surface area contributed by atoms with E-state index >= 15 is 0 Å². The fourth-order valence-corrected chi connectivity index (χ4v) is 13.8. The van der Waals surface area contributed by atoms with Gasteiger partial charge in [-0.1, -0.05) is 86.1 Å². The van der Waals surface area contributed by atoms with E-state index in [1.165, 1.54) is 18.4 Å². The highest BCUT2D eigenvalue weighted by Gasteiger charge is 2.73. The van der Waals surface area contributed by atoms with Gasteiger partial charge in [-0.05, 0) is 110 Å². The second-order valence-corrected chi connectivity index (χ2v) is 18.8. The number of fused-ring (bicyclic) bond motifs is 7. The van der Waals surface area contributed by atoms with Gasteiger partial charge in [0.1, 0.15) is 0 Å². The third kappa shape index (κ3) is 7.67. The second kappa shape index (κ2) is 18.0. The molecule has 8 unspecified atom stereocenters. The van der Waals surface area contributed by atoms with Crippen LogP contribution in [-0.4, -0.2) is 85.8 Å². The van der Waals surface area contributed by atoms with E-state index < -0.39 is 29.0 Å². The van der Waals surface area contributed by atoms with Gasteiger partial charge in [0.2, 0.25) is 0 Å². The summed E-state index contributed by atoms with van der Waals surface area (Å²) in [4.78, 5) is 13.9. The molecule has 6 aliphatic rings. The summed E-state index contributed by atoms with van der Waals surface area (Å²) in [5.74, 6) is 2.43. The largest absolute Gasteiger partial charge is 0.478 e. The van der Waals surface area contributed by atoms with Gasteiger partial charge in [0.25, 0.3) is 0 Å². The van der Waals surface area contributed by atoms with Crippen molar-refractivity contribution in [2.75, 3.05) is 37.7 Å². The van der Waals surface area contributed by atoms with Crippen LogP contribution in [0.2, 0.25) is 0 Å². The molecule has 7 rings (SSSR count). The number of nitrogens with zero attached hydrogens (tertiary/aromatic N) is 1. The number of aliphatic hydroxyl groups is 2. The van der Waals surface area contributed by atoms with Gasteiger partial charge in [-0.15, -0.1) is 6.58 Å². The number of carboxylic acid groups (broad SMARTS) is 1. The predicted octanol–water partition coefficient (Wildman–Crippen LogP) is 8.44. The summed E-state index contributed by atoms with van der Waals surface area (Å²) in [6, 6.07) is 7.29. The van der Waals surface area contributed by atoms with Crippen molar-refractivity contribution in [3.63, 3.8) is 0 Å². The highest BCUT2D eigenvalue weighted by Crippen LogP contribution is 2.75. The quantitative estimate of drug-likeness (QED) is 0.216. The standard InChI is InChI=1S/C38H56N2O5S.C3H6.2C2H6/c1-24-27(25-7-9-26(10-8-25)34(43)44)13-15-35(2)30(24)22-32(41)37(4)31(35)12-11-28-29-6-5-14-38(29,23-33(42)36(28,37)3)39-16-17-40-18-20-46(45)21-19-40;1-3-2;2*1-2/h7-10,13,24,28-33,39,41-42H,5-6,11-12,14-23H2,1-4H3,(H,43,44);3H,1H2,2H3;2*1-2H3/t24?,28?,29-,30?,31?,32?,33+,35?,36+,37?,38?;;;/m1.../s1. The zero-order valence-electron chi connectivity index (χ0n) is 34.6. The molecular formula is C45H74N2O5S. The van der Waals surface area contributed by atoms with Crippen molar-refractivity contribution in [1.82, 2.24) is 10.2 Å². The Morgan fingerprint density at radius 2 is 1.58 bits per heavy atom. The van der Waals surface area contributed by atoms with Crippen LogP contribution in [0.1, 0.15) is 130 Å². The monoisotopic (exact) mass is 755 g/mol. The molecule has 1 aromatic rings. The second-order valence-electron chi connectivity index (χ2n) is 17.1. The molecule has 8 heteroatoms. The minimum absolute atomic E-state index is 0.0200. The van der Waals surface area contributed by atoms with Crippen LogP contribution in [0, 0.1) is 45.8 Å². The highest BCUT2D eigenvalue weighted by atomic mass is 32.2. The average molecular weight is 755 g/mol. The van der Waals surface area contributed by atoms with Crippen molar-refractivity contribution in [2.24, 2.45) is 45.8 Å². The number of aliphatic hydroxyl groups excluding tert-OH is 2. The number of rotatable bonds is 6. The Morgan fingerprint density at radius 3 is 2.19 bits per heavy atom. The van der Waals surface area contributed by atoms with E-state index in [1.54, 1.807) is 18.2 Å². The normalized spacial score (nSPS) is 40.4. The van der Waals surface area contributed by atoms with Crippen molar-refractivity contribution in [3.8, 4) is 0 Å². The van der Waals surface area contributed by atoms with E-state index in [0.29, 0.717) is 29.2 Å². The summed E-state index contributed by atoms with van der Waals surface area (Å²) < 4.78 is 11.8. The maximum absolute atomic E-state index is 12.4. The van der Waals surface area contributed by atoms with Gasteiger partial charge in [-0.25, -0.2) is 4.79 Å². The van der Waals surface area contributed by atoms with Crippen LogP contribution in [-0.2, 0) is 10.8 Å². The summed E-state index contributed by atoms with van der Waals surface area (Å²) in [5, 5.41) is 38.2. The molecule has 0 radical (unpaired) electrons. The van der Waals surface area contributed by atoms with Crippen molar-refractivity contribution < 1.29 is 24.3 Å². The number of carboxylic acids is 1. The van der Waals surface area contributed by atoms with Crippen LogP contribution in [0.25, 0.3) is 5.57 Å². The molecule has 4 saturated carbocycles. The van der Waals surface area contributed by atoms with Crippen LogP contribution in [0.4, 0.5) is 0 Å². The van der Waals surface area contributed by atoms with Crippen LogP contribution >= 0.6 is 0 Å². The Balaban J connectivity index is 0.000000841. The van der Waals surface area contributed by atoms with Crippen molar-refractivity contribution >= 4 is 22.3 Å². The molecule has 1 saturated heterocycles. The summed E-state index contributed by atoms with van der Waals surface area (Å²) in [5.41, 5.74) is 1.90. The Hall–Kier alpha value is -1.84. The van der Waals surface area contributed by atoms with Crippen LogP contribution < -0.4 is 5.32 Å². The van der Waals surface area contributed by atoms with Gasteiger partial charge in [0, 0.05) is 64.9 Å². The van der Waals surface area contributed by atoms with Crippen molar-refractivity contribution in [3.05, 3.63) is 54.1 Å². The molecule has 11 atom stereocenters. The SMILES string of the molecule is C=CC.CC.CC.CC1C(c2ccc(C(=O)O)cc2)=CCC2(C)C1CC(O)C1(C)C2CCC2[C@H]3CCCC3(NCCN3CCS(=O)CC3)C[C@H](O)[C@]21C. The molecule has 300 valence electrons. The van der Waals surface area contributed by atoms with Gasteiger partial charge in [-0.2, -0.15) is 0 Å². The first-order valence-corrected chi connectivity index (χ1v) is 22.5. The lowest BCUT2D eigenvalue weighted by molar-refractivity contribution is -0.284. The maximum atomic E-state index is 12.4. The number of aromatic carboxylic acids is 1. The van der Waals surface area contributed by atoms with E-state index in [9.17, 15) is 24.3 Å². The Morgan fingerprint density at radius 1 is 0.962 bits per heavy atom. The predicted molar refractivity (Wildman–Crippen MR) is 221 cm³/mol.